The third kappa shape index (κ3) is 2.30. The minimum atomic E-state index is 0.156. The fraction of sp³-hybridized carbons (Fsp3) is 0.636. The maximum Gasteiger partial charge on any atom is 0.147 e. The van der Waals surface area contributed by atoms with E-state index in [9.17, 15) is 0 Å². The van der Waals surface area contributed by atoms with Crippen LogP contribution in [0.4, 0.5) is 5.82 Å². The van der Waals surface area contributed by atoms with Gasteiger partial charge in [0, 0.05) is 5.56 Å². The van der Waals surface area contributed by atoms with Gasteiger partial charge in [0.05, 0.1) is 11.7 Å². The average molecular weight is 238 g/mol. The fourth-order valence-electron chi connectivity index (χ4n) is 1.82. The van der Waals surface area contributed by atoms with Gasteiger partial charge >= 0.3 is 0 Å². The highest BCUT2D eigenvalue weighted by Gasteiger charge is 2.17. The Labute approximate surface area is 100 Å². The van der Waals surface area contributed by atoms with Crippen LogP contribution in [-0.2, 0) is 12.8 Å². The smallest absolute Gasteiger partial charge is 0.147 e. The van der Waals surface area contributed by atoms with E-state index in [-0.39, 0.29) is 6.04 Å². The Morgan fingerprint density at radius 2 is 2.06 bits per heavy atom. The predicted octanol–water partition coefficient (Wildman–Crippen LogP) is 1.17. The number of anilines is 1. The SMILES string of the molecule is CNC(C)c1nc(N)c2c(n1)CCSCC2. The van der Waals surface area contributed by atoms with Crippen LogP contribution >= 0.6 is 11.8 Å². The van der Waals surface area contributed by atoms with Crippen molar-refractivity contribution in [2.45, 2.75) is 25.8 Å². The first-order chi connectivity index (χ1) is 7.72. The second kappa shape index (κ2) is 5.01. The lowest BCUT2D eigenvalue weighted by Crippen LogP contribution is -2.18. The van der Waals surface area contributed by atoms with Crippen LogP contribution in [-0.4, -0.2) is 28.5 Å². The number of nitrogens with two attached hydrogens (primary N) is 1. The van der Waals surface area contributed by atoms with E-state index in [0.29, 0.717) is 5.82 Å². The Morgan fingerprint density at radius 1 is 1.31 bits per heavy atom. The first kappa shape index (κ1) is 11.7. The number of hydrogen-bond donors (Lipinski definition) is 2. The van der Waals surface area contributed by atoms with Crippen LogP contribution in [0.2, 0.25) is 0 Å². The van der Waals surface area contributed by atoms with Crippen molar-refractivity contribution in [3.05, 3.63) is 17.1 Å². The number of nitrogens with zero attached hydrogens (tertiary/aromatic N) is 2. The molecule has 0 saturated carbocycles. The topological polar surface area (TPSA) is 63.8 Å². The molecule has 0 saturated heterocycles. The monoisotopic (exact) mass is 238 g/mol. The lowest BCUT2D eigenvalue weighted by atomic mass is 10.1. The van der Waals surface area contributed by atoms with Crippen molar-refractivity contribution in [2.24, 2.45) is 0 Å². The van der Waals surface area contributed by atoms with Crippen LogP contribution < -0.4 is 11.1 Å². The molecule has 1 aliphatic rings. The van der Waals surface area contributed by atoms with Crippen molar-refractivity contribution in [3.63, 3.8) is 0 Å². The number of thioether (sulfide) groups is 1. The summed E-state index contributed by atoms with van der Waals surface area (Å²) < 4.78 is 0. The standard InChI is InChI=1S/C11H18N4S/c1-7(13-2)11-14-9-4-6-16-5-3-8(9)10(12)15-11/h7,13H,3-6H2,1-2H3,(H2,12,14,15). The Hall–Kier alpha value is -0.810. The number of nitrogen functional groups attached to an aromatic ring is 1. The zero-order valence-electron chi connectivity index (χ0n) is 9.79. The van der Waals surface area contributed by atoms with Crippen LogP contribution in [0.1, 0.15) is 30.0 Å². The third-order valence-electron chi connectivity index (χ3n) is 2.94. The third-order valence-corrected chi connectivity index (χ3v) is 3.93. The minimum Gasteiger partial charge on any atom is -0.383 e. The van der Waals surface area contributed by atoms with Crippen molar-refractivity contribution in [3.8, 4) is 0 Å². The van der Waals surface area contributed by atoms with Gasteiger partial charge in [-0.3, -0.25) is 0 Å². The van der Waals surface area contributed by atoms with Gasteiger partial charge < -0.3 is 11.1 Å². The molecule has 1 atom stereocenters. The molecule has 0 aliphatic carbocycles. The summed E-state index contributed by atoms with van der Waals surface area (Å²) >= 11 is 1.96. The summed E-state index contributed by atoms with van der Waals surface area (Å²) in [6.07, 6.45) is 2.01. The summed E-state index contributed by atoms with van der Waals surface area (Å²) in [6.45, 7) is 2.05. The molecule has 2 rings (SSSR count). The number of hydrogen-bond acceptors (Lipinski definition) is 5. The van der Waals surface area contributed by atoms with Crippen molar-refractivity contribution in [1.82, 2.24) is 15.3 Å². The van der Waals surface area contributed by atoms with Gasteiger partial charge in [0.2, 0.25) is 0 Å². The highest BCUT2D eigenvalue weighted by molar-refractivity contribution is 7.99. The van der Waals surface area contributed by atoms with Crippen molar-refractivity contribution in [1.29, 1.82) is 0 Å². The van der Waals surface area contributed by atoms with Crippen LogP contribution in [0.25, 0.3) is 0 Å². The predicted molar refractivity (Wildman–Crippen MR) is 68.7 cm³/mol. The molecule has 1 aromatic rings. The number of fused-ring (bicyclic) bond motifs is 1. The maximum atomic E-state index is 6.02. The summed E-state index contributed by atoms with van der Waals surface area (Å²) in [7, 11) is 1.91. The lowest BCUT2D eigenvalue weighted by Gasteiger charge is -2.13. The zero-order valence-corrected chi connectivity index (χ0v) is 10.6. The fourth-order valence-corrected chi connectivity index (χ4v) is 2.71. The van der Waals surface area contributed by atoms with Gasteiger partial charge in [0.15, 0.2) is 0 Å². The second-order valence-corrected chi connectivity index (χ2v) is 5.24. The molecule has 1 aromatic heterocycles. The van der Waals surface area contributed by atoms with Crippen LogP contribution in [0.5, 0.6) is 0 Å². The molecule has 5 heteroatoms. The number of nitrogens with one attached hydrogen (secondary N) is 1. The van der Waals surface area contributed by atoms with E-state index >= 15 is 0 Å². The van der Waals surface area contributed by atoms with Gasteiger partial charge in [-0.25, -0.2) is 9.97 Å². The molecule has 0 bridgehead atoms. The Kier molecular flexibility index (Phi) is 3.66. The van der Waals surface area contributed by atoms with E-state index in [0.717, 1.165) is 41.4 Å². The second-order valence-electron chi connectivity index (χ2n) is 4.02. The number of rotatable bonds is 2. The van der Waals surface area contributed by atoms with Gasteiger partial charge in [-0.15, -0.1) is 0 Å². The molecule has 0 aromatic carbocycles. The molecule has 2 heterocycles. The molecule has 1 unspecified atom stereocenters. The molecule has 3 N–H and O–H groups in total. The summed E-state index contributed by atoms with van der Waals surface area (Å²) in [6, 6.07) is 0.156. The van der Waals surface area contributed by atoms with Gasteiger partial charge in [-0.1, -0.05) is 0 Å². The van der Waals surface area contributed by atoms with Gasteiger partial charge in [-0.05, 0) is 38.3 Å². The summed E-state index contributed by atoms with van der Waals surface area (Å²) in [5.74, 6) is 3.74. The molecule has 0 radical (unpaired) electrons. The Balaban J connectivity index is 2.39. The summed E-state index contributed by atoms with van der Waals surface area (Å²) in [4.78, 5) is 9.03. The van der Waals surface area contributed by atoms with Crippen molar-refractivity contribution in [2.75, 3.05) is 24.3 Å². The van der Waals surface area contributed by atoms with E-state index in [1.165, 1.54) is 0 Å². The van der Waals surface area contributed by atoms with Crippen LogP contribution in [0, 0.1) is 0 Å². The molecular formula is C11H18N4S. The van der Waals surface area contributed by atoms with E-state index in [4.69, 9.17) is 5.73 Å². The van der Waals surface area contributed by atoms with E-state index in [1.807, 2.05) is 25.7 Å². The summed E-state index contributed by atoms with van der Waals surface area (Å²) in [5.41, 5.74) is 8.33. The van der Waals surface area contributed by atoms with E-state index < -0.39 is 0 Å². The maximum absolute atomic E-state index is 6.02. The first-order valence-electron chi connectivity index (χ1n) is 5.62. The molecule has 0 spiro atoms. The van der Waals surface area contributed by atoms with Gasteiger partial charge in [0.1, 0.15) is 11.6 Å². The largest absolute Gasteiger partial charge is 0.383 e. The molecule has 4 nitrogen and oxygen atoms in total. The van der Waals surface area contributed by atoms with Gasteiger partial charge in [0.25, 0.3) is 0 Å². The summed E-state index contributed by atoms with van der Waals surface area (Å²) in [5, 5.41) is 3.15. The number of aromatic nitrogens is 2. The molecule has 0 amide bonds. The molecule has 88 valence electrons. The Morgan fingerprint density at radius 3 is 2.81 bits per heavy atom. The Bertz CT molecular complexity index is 380. The zero-order chi connectivity index (χ0) is 11.5. The minimum absolute atomic E-state index is 0.156. The van der Waals surface area contributed by atoms with Crippen LogP contribution in [0.3, 0.4) is 0 Å². The van der Waals surface area contributed by atoms with Crippen LogP contribution in [0.15, 0.2) is 0 Å². The molecule has 1 aliphatic heterocycles. The highest BCUT2D eigenvalue weighted by atomic mass is 32.2. The quantitative estimate of drug-likeness (QED) is 0.810. The van der Waals surface area contributed by atoms with Gasteiger partial charge in [-0.2, -0.15) is 11.8 Å². The van der Waals surface area contributed by atoms with E-state index in [2.05, 4.69) is 15.3 Å². The molecular weight excluding hydrogens is 220 g/mol. The lowest BCUT2D eigenvalue weighted by molar-refractivity contribution is 0.606. The molecule has 16 heavy (non-hydrogen) atoms. The van der Waals surface area contributed by atoms with Crippen molar-refractivity contribution < 1.29 is 0 Å². The average Bonchev–Trinajstić information content (AvgIpc) is 2.53. The highest BCUT2D eigenvalue weighted by Crippen LogP contribution is 2.23. The van der Waals surface area contributed by atoms with E-state index in [1.54, 1.807) is 0 Å². The normalized spacial score (nSPS) is 17.6. The number of aryl methyl sites for hydroxylation is 1. The van der Waals surface area contributed by atoms with Crippen molar-refractivity contribution >= 4 is 17.6 Å². The first-order valence-corrected chi connectivity index (χ1v) is 6.78. The molecule has 0 fully saturated rings.